The second-order valence-electron chi connectivity index (χ2n) is 8.70. The fourth-order valence-corrected chi connectivity index (χ4v) is 4.91. The molecule has 0 bridgehead atoms. The van der Waals surface area contributed by atoms with Crippen LogP contribution >= 0.6 is 15.9 Å². The summed E-state index contributed by atoms with van der Waals surface area (Å²) in [7, 11) is 0. The average Bonchev–Trinajstić information content (AvgIpc) is 3.22. The number of anilines is 2. The lowest BCUT2D eigenvalue weighted by Crippen LogP contribution is -2.47. The third kappa shape index (κ3) is 4.67. The van der Waals surface area contributed by atoms with E-state index in [2.05, 4.69) is 64.9 Å². The van der Waals surface area contributed by atoms with Gasteiger partial charge in [-0.1, -0.05) is 19.9 Å². The summed E-state index contributed by atoms with van der Waals surface area (Å²) in [5.74, 6) is 0.398. The van der Waals surface area contributed by atoms with Crippen molar-refractivity contribution in [2.24, 2.45) is 0 Å². The molecule has 32 heavy (non-hydrogen) atoms. The number of likely N-dealkylation sites (tertiary alicyclic amines) is 1. The van der Waals surface area contributed by atoms with Crippen LogP contribution in [0.25, 0.3) is 0 Å². The number of aromatic nitrogens is 2. The quantitative estimate of drug-likeness (QED) is 0.584. The maximum atomic E-state index is 13.3. The van der Waals surface area contributed by atoms with Crippen molar-refractivity contribution in [2.45, 2.75) is 52.2 Å². The van der Waals surface area contributed by atoms with Crippen molar-refractivity contribution < 1.29 is 14.3 Å². The molecule has 1 amide bonds. The third-order valence-corrected chi connectivity index (χ3v) is 6.81. The average molecular weight is 503 g/mol. The molecule has 4 rings (SSSR count). The van der Waals surface area contributed by atoms with Gasteiger partial charge in [-0.2, -0.15) is 0 Å². The van der Waals surface area contributed by atoms with Crippen molar-refractivity contribution in [3.63, 3.8) is 0 Å². The molecular formula is C24H31BrN4O3. The van der Waals surface area contributed by atoms with E-state index in [1.807, 2.05) is 16.7 Å². The SMILES string of the molecule is CCN(c1nc(C)cc(C(=O)N2CCC3(CC2)OCCO3)n1)c1ccc(C(C)C)cc1Br. The lowest BCUT2D eigenvalue weighted by Gasteiger charge is -2.37. The van der Waals surface area contributed by atoms with Gasteiger partial charge in [0.25, 0.3) is 5.91 Å². The predicted octanol–water partition coefficient (Wildman–Crippen LogP) is 4.81. The first-order chi connectivity index (χ1) is 15.3. The number of rotatable bonds is 5. The Kier molecular flexibility index (Phi) is 6.83. The second kappa shape index (κ2) is 9.45. The zero-order valence-corrected chi connectivity index (χ0v) is 20.8. The molecule has 2 aliphatic heterocycles. The van der Waals surface area contributed by atoms with E-state index in [-0.39, 0.29) is 5.91 Å². The van der Waals surface area contributed by atoms with Gasteiger partial charge in [0.1, 0.15) is 5.69 Å². The van der Waals surface area contributed by atoms with Crippen molar-refractivity contribution >= 4 is 33.5 Å². The Morgan fingerprint density at radius 3 is 2.47 bits per heavy atom. The molecule has 1 aromatic heterocycles. The molecule has 2 aliphatic rings. The molecule has 0 saturated carbocycles. The van der Waals surface area contributed by atoms with Crippen LogP contribution in [0.4, 0.5) is 11.6 Å². The van der Waals surface area contributed by atoms with Crippen LogP contribution in [0.2, 0.25) is 0 Å². The van der Waals surface area contributed by atoms with Gasteiger partial charge in [-0.15, -0.1) is 0 Å². The Balaban J connectivity index is 1.57. The van der Waals surface area contributed by atoms with E-state index in [1.54, 1.807) is 6.07 Å². The van der Waals surface area contributed by atoms with Crippen LogP contribution in [0.1, 0.15) is 61.3 Å². The highest BCUT2D eigenvalue weighted by Crippen LogP contribution is 2.34. The molecule has 3 heterocycles. The highest BCUT2D eigenvalue weighted by Gasteiger charge is 2.41. The Bertz CT molecular complexity index is 981. The van der Waals surface area contributed by atoms with Crippen molar-refractivity contribution in [3.05, 3.63) is 45.7 Å². The van der Waals surface area contributed by atoms with Gasteiger partial charge in [0.15, 0.2) is 5.79 Å². The zero-order valence-electron chi connectivity index (χ0n) is 19.2. The van der Waals surface area contributed by atoms with Crippen molar-refractivity contribution in [1.29, 1.82) is 0 Å². The van der Waals surface area contributed by atoms with Gasteiger partial charge in [0, 0.05) is 42.6 Å². The molecule has 2 fully saturated rings. The van der Waals surface area contributed by atoms with Crippen LogP contribution in [-0.4, -0.2) is 59.4 Å². The normalized spacial score (nSPS) is 17.9. The van der Waals surface area contributed by atoms with Crippen LogP contribution in [0.15, 0.2) is 28.7 Å². The summed E-state index contributed by atoms with van der Waals surface area (Å²) in [6, 6.07) is 8.12. The maximum absolute atomic E-state index is 13.3. The second-order valence-corrected chi connectivity index (χ2v) is 9.56. The van der Waals surface area contributed by atoms with Crippen LogP contribution in [0, 0.1) is 6.92 Å². The first-order valence-electron chi connectivity index (χ1n) is 11.3. The fraction of sp³-hybridized carbons (Fsp3) is 0.542. The number of amides is 1. The van der Waals surface area contributed by atoms with Crippen LogP contribution in [0.5, 0.6) is 0 Å². The van der Waals surface area contributed by atoms with Crippen LogP contribution in [-0.2, 0) is 9.47 Å². The van der Waals surface area contributed by atoms with Crippen molar-refractivity contribution in [2.75, 3.05) is 37.7 Å². The number of carbonyl (C=O) groups is 1. The Hall–Kier alpha value is -2.03. The highest BCUT2D eigenvalue weighted by atomic mass is 79.9. The van der Waals surface area contributed by atoms with Gasteiger partial charge in [-0.25, -0.2) is 9.97 Å². The number of piperidine rings is 1. The molecular weight excluding hydrogens is 472 g/mol. The molecule has 1 aromatic carbocycles. The summed E-state index contributed by atoms with van der Waals surface area (Å²) >= 11 is 3.72. The Morgan fingerprint density at radius 1 is 1.19 bits per heavy atom. The van der Waals surface area contributed by atoms with E-state index in [1.165, 1.54) is 5.56 Å². The molecule has 0 N–H and O–H groups in total. The monoisotopic (exact) mass is 502 g/mol. The zero-order chi connectivity index (χ0) is 22.9. The van der Waals surface area contributed by atoms with E-state index >= 15 is 0 Å². The van der Waals surface area contributed by atoms with E-state index in [0.29, 0.717) is 63.2 Å². The summed E-state index contributed by atoms with van der Waals surface area (Å²) in [5.41, 5.74) is 3.43. The fourth-order valence-electron chi connectivity index (χ4n) is 4.30. The summed E-state index contributed by atoms with van der Waals surface area (Å²) in [6.45, 7) is 11.4. The lowest BCUT2D eigenvalue weighted by molar-refractivity contribution is -0.181. The molecule has 0 unspecified atom stereocenters. The smallest absolute Gasteiger partial charge is 0.272 e. The van der Waals surface area contributed by atoms with E-state index < -0.39 is 5.79 Å². The predicted molar refractivity (Wildman–Crippen MR) is 127 cm³/mol. The maximum Gasteiger partial charge on any atom is 0.272 e. The van der Waals surface area contributed by atoms with E-state index in [9.17, 15) is 4.79 Å². The van der Waals surface area contributed by atoms with Gasteiger partial charge in [0.2, 0.25) is 5.95 Å². The summed E-state index contributed by atoms with van der Waals surface area (Å²) in [5, 5.41) is 0. The lowest BCUT2D eigenvalue weighted by atomic mass is 10.0. The Labute approximate surface area is 198 Å². The molecule has 2 saturated heterocycles. The number of nitrogens with zero attached hydrogens (tertiary/aromatic N) is 4. The van der Waals surface area contributed by atoms with E-state index in [4.69, 9.17) is 9.47 Å². The minimum absolute atomic E-state index is 0.0742. The van der Waals surface area contributed by atoms with Gasteiger partial charge >= 0.3 is 0 Å². The molecule has 0 atom stereocenters. The standard InChI is InChI=1S/C24H31BrN4O3/c1-5-29(21-7-6-18(16(2)3)15-19(21)25)23-26-17(4)14-20(27-23)22(30)28-10-8-24(9-11-28)31-12-13-32-24/h6-7,14-16H,5,8-13H2,1-4H3. The summed E-state index contributed by atoms with van der Waals surface area (Å²) in [6.07, 6.45) is 1.37. The van der Waals surface area contributed by atoms with Gasteiger partial charge < -0.3 is 19.3 Å². The van der Waals surface area contributed by atoms with Crippen LogP contribution in [0.3, 0.4) is 0 Å². The third-order valence-electron chi connectivity index (χ3n) is 6.17. The van der Waals surface area contributed by atoms with Crippen molar-refractivity contribution in [1.82, 2.24) is 14.9 Å². The topological polar surface area (TPSA) is 67.8 Å². The van der Waals surface area contributed by atoms with Gasteiger partial charge in [0.05, 0.1) is 18.9 Å². The molecule has 0 aliphatic carbocycles. The van der Waals surface area contributed by atoms with Crippen molar-refractivity contribution in [3.8, 4) is 0 Å². The molecule has 0 radical (unpaired) electrons. The summed E-state index contributed by atoms with van der Waals surface area (Å²) in [4.78, 5) is 26.5. The number of halogens is 1. The first-order valence-corrected chi connectivity index (χ1v) is 12.1. The molecule has 8 heteroatoms. The number of carbonyl (C=O) groups excluding carboxylic acids is 1. The van der Waals surface area contributed by atoms with Gasteiger partial charge in [-0.05, 0) is 59.5 Å². The number of hydrogen-bond acceptors (Lipinski definition) is 6. The Morgan fingerprint density at radius 2 is 1.88 bits per heavy atom. The number of benzene rings is 1. The van der Waals surface area contributed by atoms with E-state index in [0.717, 1.165) is 15.9 Å². The first kappa shape index (κ1) is 23.1. The number of hydrogen-bond donors (Lipinski definition) is 0. The van der Waals surface area contributed by atoms with Gasteiger partial charge in [-0.3, -0.25) is 4.79 Å². The largest absolute Gasteiger partial charge is 0.347 e. The molecule has 1 spiro atoms. The minimum Gasteiger partial charge on any atom is -0.347 e. The molecule has 2 aromatic rings. The molecule has 172 valence electrons. The van der Waals surface area contributed by atoms with Crippen LogP contribution < -0.4 is 4.90 Å². The highest BCUT2D eigenvalue weighted by molar-refractivity contribution is 9.10. The minimum atomic E-state index is -0.503. The number of aryl methyl sites for hydroxylation is 1. The summed E-state index contributed by atoms with van der Waals surface area (Å²) < 4.78 is 12.6. The molecule has 7 nitrogen and oxygen atoms in total. The number of ether oxygens (including phenoxy) is 2.